The molecule has 0 bridgehead atoms. The maximum absolute atomic E-state index is 10.9. The van der Waals surface area contributed by atoms with Crippen molar-refractivity contribution in [2.45, 2.75) is 33.3 Å². The zero-order valence-electron chi connectivity index (χ0n) is 8.16. The Morgan fingerprint density at radius 2 is 2.23 bits per heavy atom. The minimum absolute atomic E-state index is 0.0475. The van der Waals surface area contributed by atoms with Gasteiger partial charge in [-0.2, -0.15) is 0 Å². The van der Waals surface area contributed by atoms with Gasteiger partial charge in [-0.05, 0) is 18.4 Å². The van der Waals surface area contributed by atoms with Crippen LogP contribution >= 0.6 is 0 Å². The molecule has 0 fully saturated rings. The number of hydrogen-bond acceptors (Lipinski definition) is 3. The Morgan fingerprint density at radius 3 is 2.69 bits per heavy atom. The van der Waals surface area contributed by atoms with Crippen LogP contribution in [0.1, 0.15) is 27.2 Å². The first-order valence-electron chi connectivity index (χ1n) is 4.42. The molecule has 72 valence electrons. The summed E-state index contributed by atoms with van der Waals surface area (Å²) in [5.74, 6) is -0.0167. The molecule has 0 aromatic heterocycles. The molecule has 1 aliphatic rings. The monoisotopic (exact) mass is 182 g/mol. The molecule has 0 amide bonds. The zero-order chi connectivity index (χ0) is 10.0. The number of hydrogen-bond donors (Lipinski definition) is 0. The Kier molecular flexibility index (Phi) is 2.86. The van der Waals surface area contributed by atoms with Crippen LogP contribution in [0.15, 0.2) is 11.6 Å². The third kappa shape index (κ3) is 2.41. The van der Waals surface area contributed by atoms with Gasteiger partial charge in [-0.15, -0.1) is 0 Å². The van der Waals surface area contributed by atoms with E-state index in [0.717, 1.165) is 5.57 Å². The van der Waals surface area contributed by atoms with Gasteiger partial charge >= 0.3 is 5.97 Å². The smallest absolute Gasteiger partial charge is 0.331 e. The minimum Gasteiger partial charge on any atom is -0.454 e. The highest BCUT2D eigenvalue weighted by molar-refractivity contribution is 5.87. The molecule has 1 aliphatic heterocycles. The van der Waals surface area contributed by atoms with Gasteiger partial charge in [0.1, 0.15) is 11.9 Å². The van der Waals surface area contributed by atoms with Gasteiger partial charge < -0.3 is 4.74 Å². The number of carbonyl (C=O) groups is 2. The molecular formula is C10H14O3. The molecule has 0 aromatic rings. The predicted molar refractivity (Wildman–Crippen MR) is 48.1 cm³/mol. The van der Waals surface area contributed by atoms with Crippen molar-refractivity contribution in [1.82, 2.24) is 0 Å². The van der Waals surface area contributed by atoms with Crippen LogP contribution in [0.2, 0.25) is 0 Å². The predicted octanol–water partition coefficient (Wildman–Crippen LogP) is 1.47. The maximum atomic E-state index is 10.9. The molecule has 0 spiro atoms. The number of Topliss-reactive ketones (excluding diaryl/α,β-unsaturated/α-hetero) is 1. The van der Waals surface area contributed by atoms with Crippen LogP contribution in [0.4, 0.5) is 0 Å². The Bertz CT molecular complexity index is 263. The molecule has 13 heavy (non-hydrogen) atoms. The van der Waals surface area contributed by atoms with E-state index in [2.05, 4.69) is 0 Å². The van der Waals surface area contributed by atoms with Gasteiger partial charge in [-0.25, -0.2) is 4.79 Å². The number of esters is 1. The third-order valence-electron chi connectivity index (χ3n) is 2.05. The summed E-state index contributed by atoms with van der Waals surface area (Å²) in [6, 6.07) is 0. The summed E-state index contributed by atoms with van der Waals surface area (Å²) >= 11 is 0. The summed E-state index contributed by atoms with van der Waals surface area (Å²) in [6.07, 6.45) is 1.48. The van der Waals surface area contributed by atoms with Crippen LogP contribution in [0.25, 0.3) is 0 Å². The fraction of sp³-hybridized carbons (Fsp3) is 0.600. The Morgan fingerprint density at radius 1 is 1.62 bits per heavy atom. The summed E-state index contributed by atoms with van der Waals surface area (Å²) in [6.45, 7) is 5.48. The van der Waals surface area contributed by atoms with E-state index in [0.29, 0.717) is 6.42 Å². The lowest BCUT2D eigenvalue weighted by Gasteiger charge is -2.14. The summed E-state index contributed by atoms with van der Waals surface area (Å²) < 4.78 is 4.99. The van der Waals surface area contributed by atoms with E-state index < -0.39 is 0 Å². The first-order valence-corrected chi connectivity index (χ1v) is 4.42. The second-order valence-corrected chi connectivity index (χ2v) is 3.63. The highest BCUT2D eigenvalue weighted by Crippen LogP contribution is 2.25. The van der Waals surface area contributed by atoms with E-state index in [4.69, 9.17) is 4.74 Å². The van der Waals surface area contributed by atoms with Crippen molar-refractivity contribution in [3.63, 3.8) is 0 Å². The summed E-state index contributed by atoms with van der Waals surface area (Å²) in [5.41, 5.74) is 0.931. The molecule has 0 radical (unpaired) electrons. The van der Waals surface area contributed by atoms with Gasteiger partial charge in [0, 0.05) is 12.5 Å². The molecule has 1 heterocycles. The van der Waals surface area contributed by atoms with Crippen molar-refractivity contribution < 1.29 is 14.3 Å². The van der Waals surface area contributed by atoms with Crippen molar-refractivity contribution in [1.29, 1.82) is 0 Å². The standard InChI is InChI=1S/C10H14O3/c1-6(2)8-5-10(12)13-9(8)4-7(3)11/h5-6,9H,4H2,1-3H3/t9-/m0/s1. The average molecular weight is 182 g/mol. The van der Waals surface area contributed by atoms with Crippen LogP contribution < -0.4 is 0 Å². The second kappa shape index (κ2) is 3.73. The van der Waals surface area contributed by atoms with E-state index in [-0.39, 0.29) is 23.8 Å². The van der Waals surface area contributed by atoms with Crippen LogP contribution in [0.5, 0.6) is 0 Å². The van der Waals surface area contributed by atoms with Gasteiger partial charge in [0.2, 0.25) is 0 Å². The molecule has 0 aromatic carbocycles. The average Bonchev–Trinajstić information content (AvgIpc) is 2.29. The number of cyclic esters (lactones) is 1. The molecule has 0 N–H and O–H groups in total. The molecule has 0 aliphatic carbocycles. The highest BCUT2D eigenvalue weighted by atomic mass is 16.5. The summed E-state index contributed by atoms with van der Waals surface area (Å²) in [4.78, 5) is 21.8. The Balaban J connectivity index is 2.72. The number of ketones is 1. The van der Waals surface area contributed by atoms with E-state index >= 15 is 0 Å². The van der Waals surface area contributed by atoms with E-state index in [9.17, 15) is 9.59 Å². The Labute approximate surface area is 77.8 Å². The Hall–Kier alpha value is -1.12. The van der Waals surface area contributed by atoms with E-state index in [1.54, 1.807) is 0 Å². The van der Waals surface area contributed by atoms with Gasteiger partial charge in [0.05, 0.1) is 0 Å². The largest absolute Gasteiger partial charge is 0.454 e. The van der Waals surface area contributed by atoms with Crippen LogP contribution in [0, 0.1) is 5.92 Å². The van der Waals surface area contributed by atoms with Crippen LogP contribution in [-0.4, -0.2) is 17.9 Å². The van der Waals surface area contributed by atoms with Gasteiger partial charge in [0.15, 0.2) is 0 Å². The molecule has 1 rings (SSSR count). The molecular weight excluding hydrogens is 168 g/mol. The maximum Gasteiger partial charge on any atom is 0.331 e. The van der Waals surface area contributed by atoms with Gasteiger partial charge in [0.25, 0.3) is 0 Å². The van der Waals surface area contributed by atoms with Crippen molar-refractivity contribution >= 4 is 11.8 Å². The molecule has 3 heteroatoms. The van der Waals surface area contributed by atoms with Gasteiger partial charge in [-0.1, -0.05) is 13.8 Å². The lowest BCUT2D eigenvalue weighted by molar-refractivity contribution is -0.139. The molecule has 0 saturated heterocycles. The quantitative estimate of drug-likeness (QED) is 0.621. The SMILES string of the molecule is CC(=O)C[C@@H]1OC(=O)C=C1C(C)C. The number of ether oxygens (including phenoxy) is 1. The fourth-order valence-electron chi connectivity index (χ4n) is 1.43. The topological polar surface area (TPSA) is 43.4 Å². The lowest BCUT2D eigenvalue weighted by atomic mass is 9.96. The molecule has 1 atom stereocenters. The third-order valence-corrected chi connectivity index (χ3v) is 2.05. The number of carbonyl (C=O) groups excluding carboxylic acids is 2. The molecule has 0 saturated carbocycles. The number of rotatable bonds is 3. The van der Waals surface area contributed by atoms with Crippen molar-refractivity contribution in [2.75, 3.05) is 0 Å². The summed E-state index contributed by atoms with van der Waals surface area (Å²) in [5, 5.41) is 0. The first kappa shape index (κ1) is 9.96. The van der Waals surface area contributed by atoms with Crippen LogP contribution in [0.3, 0.4) is 0 Å². The van der Waals surface area contributed by atoms with Crippen LogP contribution in [-0.2, 0) is 14.3 Å². The molecule has 3 nitrogen and oxygen atoms in total. The van der Waals surface area contributed by atoms with E-state index in [1.807, 2.05) is 13.8 Å². The zero-order valence-corrected chi connectivity index (χ0v) is 8.16. The fourth-order valence-corrected chi connectivity index (χ4v) is 1.43. The minimum atomic E-state index is -0.324. The summed E-state index contributed by atoms with van der Waals surface area (Å²) in [7, 11) is 0. The van der Waals surface area contributed by atoms with Crippen molar-refractivity contribution in [3.8, 4) is 0 Å². The van der Waals surface area contributed by atoms with E-state index in [1.165, 1.54) is 13.0 Å². The highest BCUT2D eigenvalue weighted by Gasteiger charge is 2.28. The molecule has 0 unspecified atom stereocenters. The van der Waals surface area contributed by atoms with Crippen molar-refractivity contribution in [2.24, 2.45) is 5.92 Å². The lowest BCUT2D eigenvalue weighted by Crippen LogP contribution is -2.17. The second-order valence-electron chi connectivity index (χ2n) is 3.63. The van der Waals surface area contributed by atoms with Gasteiger partial charge in [-0.3, -0.25) is 4.79 Å². The normalized spacial score (nSPS) is 21.7. The van der Waals surface area contributed by atoms with Crippen molar-refractivity contribution in [3.05, 3.63) is 11.6 Å². The first-order chi connectivity index (χ1) is 6.00.